The maximum atomic E-state index is 5.33. The molecule has 0 aromatic heterocycles. The van der Waals surface area contributed by atoms with Crippen molar-refractivity contribution in [2.75, 3.05) is 0 Å². The van der Waals surface area contributed by atoms with Crippen LogP contribution in [-0.4, -0.2) is 0 Å². The van der Waals surface area contributed by atoms with Gasteiger partial charge in [-0.25, -0.2) is 0 Å². The zero-order valence-electron chi connectivity index (χ0n) is 21.4. The van der Waals surface area contributed by atoms with Crippen molar-refractivity contribution in [3.05, 3.63) is 81.9 Å². The lowest BCUT2D eigenvalue weighted by Crippen LogP contribution is -2.33. The van der Waals surface area contributed by atoms with E-state index in [1.807, 2.05) is 6.07 Å². The van der Waals surface area contributed by atoms with Gasteiger partial charge in [-0.15, -0.1) is 13.0 Å². The van der Waals surface area contributed by atoms with E-state index in [2.05, 4.69) is 91.3 Å². The van der Waals surface area contributed by atoms with E-state index in [1.165, 1.54) is 53.5 Å². The van der Waals surface area contributed by atoms with E-state index in [0.29, 0.717) is 11.3 Å². The SMILES string of the molecule is C#Cc1ccc2c(c1)CCC2C.C=C(C)CC1CC1C(C)(c1cc(C)ccc1C)C(C)C. The fourth-order valence-electron chi connectivity index (χ4n) is 5.83. The normalized spacial score (nSPS) is 22.9. The first kappa shape index (κ1) is 24.4. The highest BCUT2D eigenvalue weighted by Crippen LogP contribution is 2.58. The lowest BCUT2D eigenvalue weighted by atomic mass is 9.67. The molecule has 32 heavy (non-hydrogen) atoms. The molecule has 2 aromatic rings. The van der Waals surface area contributed by atoms with Gasteiger partial charge in [0.15, 0.2) is 0 Å². The molecule has 0 N–H and O–H groups in total. The first-order valence-corrected chi connectivity index (χ1v) is 12.4. The molecule has 0 nitrogen and oxygen atoms in total. The molecule has 0 amide bonds. The van der Waals surface area contributed by atoms with E-state index in [-0.39, 0.29) is 0 Å². The number of rotatable bonds is 5. The van der Waals surface area contributed by atoms with Crippen LogP contribution in [0.15, 0.2) is 48.6 Å². The third-order valence-corrected chi connectivity index (χ3v) is 8.16. The van der Waals surface area contributed by atoms with Crippen molar-refractivity contribution in [1.29, 1.82) is 0 Å². The molecule has 0 saturated heterocycles. The average Bonchev–Trinajstić information content (AvgIpc) is 3.42. The van der Waals surface area contributed by atoms with Crippen LogP contribution in [0.5, 0.6) is 0 Å². The van der Waals surface area contributed by atoms with Gasteiger partial charge in [-0.05, 0) is 110 Å². The fourth-order valence-corrected chi connectivity index (χ4v) is 5.83. The second-order valence-electron chi connectivity index (χ2n) is 11.0. The highest BCUT2D eigenvalue weighted by atomic mass is 14.6. The number of hydrogen-bond donors (Lipinski definition) is 0. The average molecular weight is 427 g/mol. The van der Waals surface area contributed by atoms with E-state index in [9.17, 15) is 0 Å². The summed E-state index contributed by atoms with van der Waals surface area (Å²) in [5.74, 6) is 5.74. The van der Waals surface area contributed by atoms with E-state index >= 15 is 0 Å². The Bertz CT molecular complexity index is 1010. The van der Waals surface area contributed by atoms with Gasteiger partial charge in [0.25, 0.3) is 0 Å². The van der Waals surface area contributed by atoms with Gasteiger partial charge >= 0.3 is 0 Å². The van der Waals surface area contributed by atoms with Gasteiger partial charge in [0, 0.05) is 5.56 Å². The summed E-state index contributed by atoms with van der Waals surface area (Å²) in [6.07, 6.45) is 10.4. The quantitative estimate of drug-likeness (QED) is 0.332. The molecule has 4 unspecified atom stereocenters. The predicted molar refractivity (Wildman–Crippen MR) is 140 cm³/mol. The largest absolute Gasteiger partial charge is 0.115 e. The Kier molecular flexibility index (Phi) is 7.39. The molecule has 0 aliphatic heterocycles. The number of hydrogen-bond acceptors (Lipinski definition) is 0. The van der Waals surface area contributed by atoms with Crippen LogP contribution in [0.25, 0.3) is 0 Å². The molecule has 0 spiro atoms. The van der Waals surface area contributed by atoms with Crippen LogP contribution < -0.4 is 0 Å². The van der Waals surface area contributed by atoms with Gasteiger partial charge in [-0.3, -0.25) is 0 Å². The van der Waals surface area contributed by atoms with Gasteiger partial charge in [0.1, 0.15) is 0 Å². The molecule has 1 fully saturated rings. The van der Waals surface area contributed by atoms with Gasteiger partial charge in [0.2, 0.25) is 0 Å². The summed E-state index contributed by atoms with van der Waals surface area (Å²) in [4.78, 5) is 0. The first-order chi connectivity index (χ1) is 15.1. The Morgan fingerprint density at radius 1 is 1.19 bits per heavy atom. The molecule has 170 valence electrons. The molecular weight excluding hydrogens is 384 g/mol. The molecular formula is C32H42. The first-order valence-electron chi connectivity index (χ1n) is 12.4. The van der Waals surface area contributed by atoms with E-state index < -0.39 is 0 Å². The van der Waals surface area contributed by atoms with Gasteiger partial charge in [-0.2, -0.15) is 0 Å². The third-order valence-electron chi connectivity index (χ3n) is 8.16. The number of allylic oxidation sites excluding steroid dienone is 1. The summed E-state index contributed by atoms with van der Waals surface area (Å²) in [6.45, 7) is 20.3. The zero-order valence-corrected chi connectivity index (χ0v) is 21.4. The Balaban J connectivity index is 0.000000204. The molecule has 0 radical (unpaired) electrons. The van der Waals surface area contributed by atoms with Gasteiger partial charge in [-0.1, -0.05) is 69.0 Å². The van der Waals surface area contributed by atoms with Crippen molar-refractivity contribution in [3.8, 4) is 12.3 Å². The zero-order chi connectivity index (χ0) is 23.6. The number of aryl methyl sites for hydroxylation is 3. The van der Waals surface area contributed by atoms with Crippen LogP contribution >= 0.6 is 0 Å². The van der Waals surface area contributed by atoms with Crippen LogP contribution in [0.3, 0.4) is 0 Å². The molecule has 4 rings (SSSR count). The molecule has 2 aliphatic rings. The minimum atomic E-state index is 0.302. The van der Waals surface area contributed by atoms with Gasteiger partial charge in [0.05, 0.1) is 0 Å². The molecule has 0 heteroatoms. The van der Waals surface area contributed by atoms with Crippen LogP contribution in [0.2, 0.25) is 0 Å². The maximum Gasteiger partial charge on any atom is 0.0245 e. The van der Waals surface area contributed by atoms with Crippen LogP contribution in [0, 0.1) is 43.9 Å². The van der Waals surface area contributed by atoms with Crippen molar-refractivity contribution >= 4 is 0 Å². The minimum absolute atomic E-state index is 0.302. The van der Waals surface area contributed by atoms with Crippen LogP contribution in [0.4, 0.5) is 0 Å². The molecule has 2 aromatic carbocycles. The minimum Gasteiger partial charge on any atom is -0.115 e. The fraction of sp³-hybridized carbons (Fsp3) is 0.500. The smallest absolute Gasteiger partial charge is 0.0245 e. The molecule has 4 atom stereocenters. The second-order valence-corrected chi connectivity index (χ2v) is 11.0. The van der Waals surface area contributed by atoms with Crippen molar-refractivity contribution < 1.29 is 0 Å². The summed E-state index contributed by atoms with van der Waals surface area (Å²) in [5.41, 5.74) is 10.0. The van der Waals surface area contributed by atoms with Crippen molar-refractivity contribution in [2.45, 2.75) is 85.5 Å². The summed E-state index contributed by atoms with van der Waals surface area (Å²) < 4.78 is 0. The maximum absolute atomic E-state index is 5.33. The Morgan fingerprint density at radius 3 is 2.53 bits per heavy atom. The lowest BCUT2D eigenvalue weighted by Gasteiger charge is -2.37. The summed E-state index contributed by atoms with van der Waals surface area (Å²) in [6, 6.07) is 13.3. The van der Waals surface area contributed by atoms with Crippen molar-refractivity contribution in [2.24, 2.45) is 17.8 Å². The molecule has 0 heterocycles. The number of terminal acetylenes is 1. The topological polar surface area (TPSA) is 0 Å². The molecule has 1 saturated carbocycles. The van der Waals surface area contributed by atoms with Gasteiger partial charge < -0.3 is 0 Å². The Morgan fingerprint density at radius 2 is 1.91 bits per heavy atom. The Hall–Kier alpha value is -2.26. The van der Waals surface area contributed by atoms with Crippen molar-refractivity contribution in [1.82, 2.24) is 0 Å². The molecule has 2 aliphatic carbocycles. The summed E-state index contributed by atoms with van der Waals surface area (Å²) >= 11 is 0. The second kappa shape index (κ2) is 9.70. The van der Waals surface area contributed by atoms with Crippen molar-refractivity contribution in [3.63, 3.8) is 0 Å². The predicted octanol–water partition coefficient (Wildman–Crippen LogP) is 8.54. The number of fused-ring (bicyclic) bond motifs is 1. The van der Waals surface area contributed by atoms with Crippen LogP contribution in [0.1, 0.15) is 93.2 Å². The Labute approximate surface area is 197 Å². The lowest BCUT2D eigenvalue weighted by molar-refractivity contribution is 0.277. The van der Waals surface area contributed by atoms with Crippen LogP contribution in [-0.2, 0) is 11.8 Å². The summed E-state index contributed by atoms with van der Waals surface area (Å²) in [7, 11) is 0. The standard InChI is InChI=1S/C20H30.C12H12/c1-13(2)10-17-12-19(17)20(7,14(3)4)18-11-15(5)8-9-16(18)6;1-3-10-5-7-12-9(2)4-6-11(12)8-10/h8-9,11,14,17,19H,1,10,12H2,2-7H3;1,5,7-9H,4,6H2,2H3. The highest BCUT2D eigenvalue weighted by Gasteiger charge is 2.52. The van der Waals surface area contributed by atoms with E-state index in [4.69, 9.17) is 6.42 Å². The van der Waals surface area contributed by atoms with E-state index in [1.54, 1.807) is 5.56 Å². The third kappa shape index (κ3) is 5.04. The monoisotopic (exact) mass is 426 g/mol. The summed E-state index contributed by atoms with van der Waals surface area (Å²) in [5, 5.41) is 0. The number of benzene rings is 2. The molecule has 0 bridgehead atoms. The highest BCUT2D eigenvalue weighted by molar-refractivity contribution is 5.43. The van der Waals surface area contributed by atoms with E-state index in [0.717, 1.165) is 23.3 Å².